The number of fused-ring (bicyclic) bond motifs is 1. The molecular weight excluding hydrogens is 275 g/mol. The van der Waals surface area contributed by atoms with Crippen molar-refractivity contribution in [3.63, 3.8) is 0 Å². The third-order valence-electron chi connectivity index (χ3n) is 4.64. The van der Waals surface area contributed by atoms with Gasteiger partial charge in [0.05, 0.1) is 0 Å². The molecule has 5 heteroatoms. The Kier molecular flexibility index (Phi) is 6.44. The van der Waals surface area contributed by atoms with Crippen molar-refractivity contribution in [3.05, 3.63) is 35.4 Å². The van der Waals surface area contributed by atoms with E-state index in [0.717, 1.165) is 45.1 Å². The molecule has 0 spiro atoms. The van der Waals surface area contributed by atoms with E-state index < -0.39 is 7.12 Å². The van der Waals surface area contributed by atoms with Crippen molar-refractivity contribution in [1.82, 2.24) is 5.32 Å². The van der Waals surface area contributed by atoms with Gasteiger partial charge in [0.25, 0.3) is 0 Å². The van der Waals surface area contributed by atoms with Crippen LogP contribution in [0.4, 0.5) is 0 Å². The van der Waals surface area contributed by atoms with Gasteiger partial charge in [-0.3, -0.25) is 0 Å². The lowest BCUT2D eigenvalue weighted by Gasteiger charge is -2.25. The summed E-state index contributed by atoms with van der Waals surface area (Å²) in [6.07, 6.45) is 6.30. The molecule has 0 bridgehead atoms. The fourth-order valence-electron chi connectivity index (χ4n) is 3.25. The van der Waals surface area contributed by atoms with E-state index in [9.17, 15) is 0 Å². The van der Waals surface area contributed by atoms with Gasteiger partial charge in [0.1, 0.15) is 0 Å². The second kappa shape index (κ2) is 8.11. The van der Waals surface area contributed by atoms with E-state index in [1.807, 2.05) is 0 Å². The molecule has 0 aliphatic heterocycles. The molecule has 0 fully saturated rings. The van der Waals surface area contributed by atoms with Crippen LogP contribution in [0.3, 0.4) is 0 Å². The van der Waals surface area contributed by atoms with Crippen LogP contribution in [0.5, 0.6) is 0 Å². The molecule has 0 aromatic heterocycles. The first-order chi connectivity index (χ1) is 10.5. The van der Waals surface area contributed by atoms with Crippen LogP contribution in [0.15, 0.2) is 24.3 Å². The molecule has 0 saturated carbocycles. The lowest BCUT2D eigenvalue weighted by molar-refractivity contribution is 0.360. The summed E-state index contributed by atoms with van der Waals surface area (Å²) in [5.74, 6) is 0. The first-order valence-electron chi connectivity index (χ1n) is 8.41. The van der Waals surface area contributed by atoms with E-state index in [1.165, 1.54) is 11.1 Å². The zero-order valence-corrected chi connectivity index (χ0v) is 13.6. The highest BCUT2D eigenvalue weighted by Crippen LogP contribution is 2.22. The Labute approximate surface area is 134 Å². The maximum Gasteiger partial charge on any atom is 0.451 e. The number of benzene rings is 1. The number of nitrogens with one attached hydrogen (secondary N) is 1. The van der Waals surface area contributed by atoms with Crippen LogP contribution in [-0.4, -0.2) is 35.3 Å². The molecule has 1 aromatic carbocycles. The summed E-state index contributed by atoms with van der Waals surface area (Å²) in [7, 11) is -1.19. The Balaban J connectivity index is 1.62. The van der Waals surface area contributed by atoms with Crippen molar-refractivity contribution in [2.45, 2.75) is 63.3 Å². The first-order valence-corrected chi connectivity index (χ1v) is 8.41. The van der Waals surface area contributed by atoms with Gasteiger partial charge in [0.2, 0.25) is 0 Å². The van der Waals surface area contributed by atoms with Crippen LogP contribution in [0.2, 0.25) is 6.32 Å². The minimum Gasteiger partial charge on any atom is -0.427 e. The van der Waals surface area contributed by atoms with E-state index in [-0.39, 0.29) is 5.54 Å². The van der Waals surface area contributed by atoms with Crippen LogP contribution >= 0.6 is 0 Å². The molecule has 1 aliphatic rings. The van der Waals surface area contributed by atoms with Crippen LogP contribution < -0.4 is 11.1 Å². The Morgan fingerprint density at radius 2 is 1.82 bits per heavy atom. The molecule has 0 radical (unpaired) electrons. The summed E-state index contributed by atoms with van der Waals surface area (Å²) in [5.41, 5.74) is 9.10. The van der Waals surface area contributed by atoms with Crippen molar-refractivity contribution in [1.29, 1.82) is 0 Å². The van der Waals surface area contributed by atoms with Crippen LogP contribution in [0.1, 0.15) is 43.7 Å². The molecule has 1 atom stereocenters. The van der Waals surface area contributed by atoms with Gasteiger partial charge >= 0.3 is 7.12 Å². The maximum atomic E-state index is 8.83. The lowest BCUT2D eigenvalue weighted by atomic mass is 9.82. The Bertz CT molecular complexity index is 441. The third-order valence-corrected chi connectivity index (χ3v) is 4.64. The number of hydrogen-bond donors (Lipinski definition) is 4. The molecule has 0 saturated heterocycles. The summed E-state index contributed by atoms with van der Waals surface area (Å²) in [6.45, 7) is 3.03. The van der Waals surface area contributed by atoms with Gasteiger partial charge in [-0.25, -0.2) is 0 Å². The average molecular weight is 304 g/mol. The predicted molar refractivity (Wildman–Crippen MR) is 91.7 cm³/mol. The molecule has 0 amide bonds. The van der Waals surface area contributed by atoms with Crippen LogP contribution in [-0.2, 0) is 12.8 Å². The molecule has 122 valence electrons. The fourth-order valence-corrected chi connectivity index (χ4v) is 3.25. The number of hydrogen-bond acceptors (Lipinski definition) is 4. The van der Waals surface area contributed by atoms with Gasteiger partial charge in [-0.2, -0.15) is 0 Å². The van der Waals surface area contributed by atoms with Crippen molar-refractivity contribution >= 4 is 7.12 Å². The Hall–Kier alpha value is -0.875. The van der Waals surface area contributed by atoms with E-state index in [4.69, 9.17) is 15.8 Å². The minimum absolute atomic E-state index is 0.182. The number of nitrogens with two attached hydrogens (primary N) is 1. The van der Waals surface area contributed by atoms with E-state index in [1.54, 1.807) is 0 Å². The van der Waals surface area contributed by atoms with Gasteiger partial charge in [-0.05, 0) is 56.6 Å². The summed E-state index contributed by atoms with van der Waals surface area (Å²) >= 11 is 0. The van der Waals surface area contributed by atoms with Crippen molar-refractivity contribution in [2.24, 2.45) is 5.73 Å². The quantitative estimate of drug-likeness (QED) is 0.412. The zero-order valence-electron chi connectivity index (χ0n) is 13.6. The Morgan fingerprint density at radius 3 is 2.41 bits per heavy atom. The van der Waals surface area contributed by atoms with E-state index in [2.05, 4.69) is 36.5 Å². The van der Waals surface area contributed by atoms with Gasteiger partial charge in [0.15, 0.2) is 0 Å². The summed E-state index contributed by atoms with van der Waals surface area (Å²) < 4.78 is 0. The molecule has 2 rings (SSSR count). The molecular formula is C17H29BN2O2. The highest BCUT2D eigenvalue weighted by Gasteiger charge is 2.22. The monoisotopic (exact) mass is 304 g/mol. The minimum atomic E-state index is -1.19. The number of unbranched alkanes of at least 4 members (excludes halogenated alkanes) is 1. The molecule has 5 N–H and O–H groups in total. The topological polar surface area (TPSA) is 78.5 Å². The van der Waals surface area contributed by atoms with Crippen molar-refractivity contribution < 1.29 is 10.0 Å². The highest BCUT2D eigenvalue weighted by atomic mass is 16.4. The predicted octanol–water partition coefficient (Wildman–Crippen LogP) is 1.49. The Morgan fingerprint density at radius 1 is 1.18 bits per heavy atom. The highest BCUT2D eigenvalue weighted by molar-refractivity contribution is 6.40. The number of rotatable bonds is 9. The zero-order chi connectivity index (χ0) is 16.0. The second-order valence-corrected chi connectivity index (χ2v) is 6.96. The van der Waals surface area contributed by atoms with Crippen LogP contribution in [0, 0.1) is 0 Å². The van der Waals surface area contributed by atoms with E-state index in [0.29, 0.717) is 12.4 Å². The molecule has 1 aliphatic carbocycles. The smallest absolute Gasteiger partial charge is 0.427 e. The standard InChI is InChI=1S/C17H29BN2O2/c1-17(19,8-4-5-10-18(21)22)9-11-20-16-12-14-6-2-3-7-15(14)13-16/h2-3,6-7,16,20-22H,4-5,8-13,19H2,1H3. The molecule has 22 heavy (non-hydrogen) atoms. The fraction of sp³-hybridized carbons (Fsp3) is 0.647. The van der Waals surface area contributed by atoms with E-state index >= 15 is 0 Å². The van der Waals surface area contributed by atoms with Gasteiger partial charge in [-0.1, -0.05) is 37.1 Å². The third kappa shape index (κ3) is 5.73. The molecule has 0 heterocycles. The van der Waals surface area contributed by atoms with Crippen molar-refractivity contribution in [3.8, 4) is 0 Å². The maximum absolute atomic E-state index is 8.83. The normalized spacial score (nSPS) is 17.3. The second-order valence-electron chi connectivity index (χ2n) is 6.96. The largest absolute Gasteiger partial charge is 0.451 e. The summed E-state index contributed by atoms with van der Waals surface area (Å²) in [4.78, 5) is 0. The summed E-state index contributed by atoms with van der Waals surface area (Å²) in [6, 6.07) is 9.21. The van der Waals surface area contributed by atoms with Gasteiger partial charge < -0.3 is 21.1 Å². The molecule has 1 aromatic rings. The molecule has 4 nitrogen and oxygen atoms in total. The first kappa shape index (κ1) is 17.5. The average Bonchev–Trinajstić information content (AvgIpc) is 2.86. The van der Waals surface area contributed by atoms with Crippen LogP contribution in [0.25, 0.3) is 0 Å². The van der Waals surface area contributed by atoms with Crippen molar-refractivity contribution in [2.75, 3.05) is 6.54 Å². The lowest BCUT2D eigenvalue weighted by Crippen LogP contribution is -2.41. The molecule has 1 unspecified atom stereocenters. The summed E-state index contributed by atoms with van der Waals surface area (Å²) in [5, 5.41) is 21.3. The van der Waals surface area contributed by atoms with Gasteiger partial charge in [-0.15, -0.1) is 0 Å². The van der Waals surface area contributed by atoms with Gasteiger partial charge in [0, 0.05) is 11.6 Å². The SMILES string of the molecule is CC(N)(CCCCB(O)O)CCNC1Cc2ccccc2C1.